The Labute approximate surface area is 154 Å². The number of hydrogen-bond acceptors (Lipinski definition) is 4. The van der Waals surface area contributed by atoms with Crippen LogP contribution in [0.4, 0.5) is 4.79 Å². The second-order valence-corrected chi connectivity index (χ2v) is 7.03. The van der Waals surface area contributed by atoms with Gasteiger partial charge in [-0.2, -0.15) is 0 Å². The zero-order valence-corrected chi connectivity index (χ0v) is 14.6. The van der Waals surface area contributed by atoms with E-state index < -0.39 is 0 Å². The summed E-state index contributed by atoms with van der Waals surface area (Å²) in [6, 6.07) is 20.4. The highest BCUT2D eigenvalue weighted by molar-refractivity contribution is 8.18. The van der Waals surface area contributed by atoms with Crippen LogP contribution in [-0.2, 0) is 11.3 Å². The molecule has 3 aromatic rings. The van der Waals surface area contributed by atoms with Gasteiger partial charge in [-0.25, -0.2) is 0 Å². The van der Waals surface area contributed by atoms with Crippen molar-refractivity contribution in [1.29, 1.82) is 0 Å². The number of nitrogens with zero attached hydrogens (tertiary/aromatic N) is 1. The molecule has 1 heterocycles. The van der Waals surface area contributed by atoms with Crippen LogP contribution in [-0.4, -0.2) is 21.2 Å². The van der Waals surface area contributed by atoms with Crippen LogP contribution < -0.4 is 0 Å². The maximum Gasteiger partial charge on any atom is 0.293 e. The molecule has 0 unspecified atom stereocenters. The Balaban J connectivity index is 1.57. The summed E-state index contributed by atoms with van der Waals surface area (Å²) in [4.78, 5) is 26.6. The molecule has 2 amide bonds. The van der Waals surface area contributed by atoms with Crippen molar-refractivity contribution in [2.45, 2.75) is 6.54 Å². The Morgan fingerprint density at radius 1 is 0.923 bits per heavy atom. The number of amides is 2. The van der Waals surface area contributed by atoms with Gasteiger partial charge in [0, 0.05) is 0 Å². The van der Waals surface area contributed by atoms with Gasteiger partial charge in [0.15, 0.2) is 0 Å². The minimum absolute atomic E-state index is 0.159. The van der Waals surface area contributed by atoms with Crippen molar-refractivity contribution in [3.63, 3.8) is 0 Å². The summed E-state index contributed by atoms with van der Waals surface area (Å²) in [7, 11) is 0. The summed E-state index contributed by atoms with van der Waals surface area (Å²) in [5.41, 5.74) is 1.68. The first-order chi connectivity index (χ1) is 12.6. The lowest BCUT2D eigenvalue weighted by Gasteiger charge is -2.13. The molecule has 0 aromatic heterocycles. The molecular formula is C21H15NO3S. The number of phenols is 1. The highest BCUT2D eigenvalue weighted by Crippen LogP contribution is 2.33. The SMILES string of the molecule is O=C1S/C(=C\c2ccc(O)cc2)C(=O)N1Cc1ccc2ccccc2c1. The molecule has 3 aromatic carbocycles. The number of imide groups is 1. The van der Waals surface area contributed by atoms with Gasteiger partial charge in [-0.3, -0.25) is 14.5 Å². The largest absolute Gasteiger partial charge is 0.508 e. The van der Waals surface area contributed by atoms with Crippen LogP contribution in [0.25, 0.3) is 16.8 Å². The maximum atomic E-state index is 12.6. The smallest absolute Gasteiger partial charge is 0.293 e. The molecule has 0 aliphatic carbocycles. The van der Waals surface area contributed by atoms with E-state index in [1.165, 1.54) is 4.90 Å². The lowest BCUT2D eigenvalue weighted by atomic mass is 10.1. The fourth-order valence-electron chi connectivity index (χ4n) is 2.88. The molecule has 5 heteroatoms. The van der Waals surface area contributed by atoms with Crippen molar-refractivity contribution >= 4 is 39.8 Å². The number of fused-ring (bicyclic) bond motifs is 1. The van der Waals surface area contributed by atoms with Crippen molar-refractivity contribution in [1.82, 2.24) is 4.90 Å². The predicted molar refractivity (Wildman–Crippen MR) is 104 cm³/mol. The normalized spacial score (nSPS) is 16.0. The van der Waals surface area contributed by atoms with Gasteiger partial charge in [0.05, 0.1) is 11.4 Å². The summed E-state index contributed by atoms with van der Waals surface area (Å²) in [5, 5.41) is 11.3. The van der Waals surface area contributed by atoms with Crippen LogP contribution in [0, 0.1) is 0 Å². The van der Waals surface area contributed by atoms with Crippen LogP contribution >= 0.6 is 11.8 Å². The second kappa shape index (κ2) is 6.69. The molecule has 0 spiro atoms. The fourth-order valence-corrected chi connectivity index (χ4v) is 3.72. The first kappa shape index (κ1) is 16.4. The predicted octanol–water partition coefficient (Wildman–Crippen LogP) is 4.78. The number of rotatable bonds is 3. The standard InChI is InChI=1S/C21H15NO3S/c23-18-9-6-14(7-10-18)12-19-20(24)22(21(25)26-19)13-15-5-8-16-3-1-2-4-17(16)11-15/h1-12,23H,13H2/b19-12-. The lowest BCUT2D eigenvalue weighted by molar-refractivity contribution is -0.123. The van der Waals surface area contributed by atoms with Crippen LogP contribution in [0.2, 0.25) is 0 Å². The first-order valence-electron chi connectivity index (χ1n) is 8.12. The molecule has 0 saturated carbocycles. The van der Waals surface area contributed by atoms with E-state index in [4.69, 9.17) is 0 Å². The van der Waals surface area contributed by atoms with Crippen LogP contribution in [0.3, 0.4) is 0 Å². The third-order valence-corrected chi connectivity index (χ3v) is 5.13. The molecular weight excluding hydrogens is 346 g/mol. The number of thioether (sulfide) groups is 1. The van der Waals surface area contributed by atoms with E-state index in [0.29, 0.717) is 4.91 Å². The van der Waals surface area contributed by atoms with Crippen LogP contribution in [0.15, 0.2) is 71.6 Å². The van der Waals surface area contributed by atoms with Crippen molar-refractivity contribution in [2.24, 2.45) is 0 Å². The molecule has 4 rings (SSSR count). The number of aromatic hydroxyl groups is 1. The monoisotopic (exact) mass is 361 g/mol. The zero-order valence-electron chi connectivity index (χ0n) is 13.8. The van der Waals surface area contributed by atoms with E-state index in [-0.39, 0.29) is 23.4 Å². The summed E-state index contributed by atoms with van der Waals surface area (Å²) in [5.74, 6) is -0.132. The Morgan fingerprint density at radius 2 is 1.65 bits per heavy atom. The molecule has 4 nitrogen and oxygen atoms in total. The van der Waals surface area contributed by atoms with Crippen LogP contribution in [0.5, 0.6) is 5.75 Å². The highest BCUT2D eigenvalue weighted by Gasteiger charge is 2.34. The molecule has 128 valence electrons. The van der Waals surface area contributed by atoms with Gasteiger partial charge in [-0.15, -0.1) is 0 Å². The maximum absolute atomic E-state index is 12.6. The average molecular weight is 361 g/mol. The van der Waals surface area contributed by atoms with Crippen LogP contribution in [0.1, 0.15) is 11.1 Å². The molecule has 26 heavy (non-hydrogen) atoms. The molecule has 1 aliphatic heterocycles. The van der Waals surface area contributed by atoms with Gasteiger partial charge in [0.2, 0.25) is 0 Å². The molecule has 1 fully saturated rings. The Kier molecular flexibility index (Phi) is 4.22. The molecule has 0 bridgehead atoms. The highest BCUT2D eigenvalue weighted by atomic mass is 32.2. The Bertz CT molecular complexity index is 1040. The summed E-state index contributed by atoms with van der Waals surface area (Å²) in [6.45, 7) is 0.252. The van der Waals surface area contributed by atoms with E-state index >= 15 is 0 Å². The number of carbonyl (C=O) groups excluding carboxylic acids is 2. The molecule has 1 N–H and O–H groups in total. The van der Waals surface area contributed by atoms with Crippen molar-refractivity contribution in [2.75, 3.05) is 0 Å². The fraction of sp³-hybridized carbons (Fsp3) is 0.0476. The topological polar surface area (TPSA) is 57.6 Å². The summed E-state index contributed by atoms with van der Waals surface area (Å²) >= 11 is 0.940. The van der Waals surface area contributed by atoms with Crippen molar-refractivity contribution in [3.8, 4) is 5.75 Å². The summed E-state index contributed by atoms with van der Waals surface area (Å²) in [6.07, 6.45) is 1.67. The van der Waals surface area contributed by atoms with Crippen molar-refractivity contribution < 1.29 is 14.7 Å². The van der Waals surface area contributed by atoms with E-state index in [0.717, 1.165) is 33.7 Å². The number of hydrogen-bond donors (Lipinski definition) is 1. The van der Waals surface area contributed by atoms with E-state index in [1.54, 1.807) is 30.3 Å². The van der Waals surface area contributed by atoms with Gasteiger partial charge >= 0.3 is 0 Å². The quantitative estimate of drug-likeness (QED) is 0.682. The Morgan fingerprint density at radius 3 is 2.42 bits per heavy atom. The van der Waals surface area contributed by atoms with Gasteiger partial charge in [-0.1, -0.05) is 48.5 Å². The van der Waals surface area contributed by atoms with Gasteiger partial charge < -0.3 is 5.11 Å². The zero-order chi connectivity index (χ0) is 18.1. The van der Waals surface area contributed by atoms with Gasteiger partial charge in [0.1, 0.15) is 5.75 Å². The van der Waals surface area contributed by atoms with E-state index in [9.17, 15) is 14.7 Å². The number of carbonyl (C=O) groups is 2. The summed E-state index contributed by atoms with van der Waals surface area (Å²) < 4.78 is 0. The van der Waals surface area contributed by atoms with Gasteiger partial charge in [0.25, 0.3) is 11.1 Å². The van der Waals surface area contributed by atoms with E-state index in [1.807, 2.05) is 42.5 Å². The number of phenolic OH excluding ortho intramolecular Hbond substituents is 1. The van der Waals surface area contributed by atoms with Crippen molar-refractivity contribution in [3.05, 3.63) is 82.8 Å². The number of benzene rings is 3. The molecule has 1 saturated heterocycles. The molecule has 0 radical (unpaired) electrons. The third kappa shape index (κ3) is 3.21. The third-order valence-electron chi connectivity index (χ3n) is 4.22. The van der Waals surface area contributed by atoms with Gasteiger partial charge in [-0.05, 0) is 57.9 Å². The van der Waals surface area contributed by atoms with E-state index in [2.05, 4.69) is 0 Å². The minimum atomic E-state index is -0.291. The first-order valence-corrected chi connectivity index (χ1v) is 8.94. The molecule has 1 aliphatic rings. The second-order valence-electron chi connectivity index (χ2n) is 6.04. The average Bonchev–Trinajstić information content (AvgIpc) is 2.91. The molecule has 0 atom stereocenters. The minimum Gasteiger partial charge on any atom is -0.508 e. The lowest BCUT2D eigenvalue weighted by Crippen LogP contribution is -2.27. The Hall–Kier alpha value is -3.05.